The van der Waals surface area contributed by atoms with Gasteiger partial charge in [-0.3, -0.25) is 4.79 Å². The van der Waals surface area contributed by atoms with Crippen LogP contribution in [-0.4, -0.2) is 48.2 Å². The molecule has 1 fully saturated rings. The number of halogens is 2. The van der Waals surface area contributed by atoms with E-state index >= 15 is 0 Å². The summed E-state index contributed by atoms with van der Waals surface area (Å²) in [5, 5.41) is 0.308. The molecule has 1 amide bonds. The lowest BCUT2D eigenvalue weighted by molar-refractivity contribution is 0.0595. The summed E-state index contributed by atoms with van der Waals surface area (Å²) in [5.41, 5.74) is 0.652. The van der Waals surface area contributed by atoms with Gasteiger partial charge in [0.1, 0.15) is 17.4 Å². The molecule has 0 N–H and O–H groups in total. The topological polar surface area (TPSA) is 60.9 Å². The van der Waals surface area contributed by atoms with Gasteiger partial charge in [-0.2, -0.15) is 4.98 Å². The molecule has 4 rings (SSSR count). The normalized spacial score (nSPS) is 14.6. The number of ether oxygens (including phenoxy) is 3. The molecule has 1 saturated heterocycles. The van der Waals surface area contributed by atoms with Crippen molar-refractivity contribution in [2.75, 3.05) is 26.3 Å². The first-order valence-electron chi connectivity index (χ1n) is 10.6. The maximum absolute atomic E-state index is 13.9. The van der Waals surface area contributed by atoms with E-state index in [-0.39, 0.29) is 17.5 Å². The number of carbonyl (C=O) groups is 1. The third-order valence-electron chi connectivity index (χ3n) is 5.18. The van der Waals surface area contributed by atoms with Crippen LogP contribution in [0.3, 0.4) is 0 Å². The molecule has 1 aromatic heterocycles. The van der Waals surface area contributed by atoms with E-state index in [1.807, 2.05) is 13.8 Å². The highest BCUT2D eigenvalue weighted by molar-refractivity contribution is 7.20. The predicted octanol–water partition coefficient (Wildman–Crippen LogP) is 5.06. The Hall–Kier alpha value is -2.94. The van der Waals surface area contributed by atoms with Crippen LogP contribution in [0, 0.1) is 11.6 Å². The van der Waals surface area contributed by atoms with Crippen molar-refractivity contribution in [3.05, 3.63) is 47.5 Å². The second-order valence-corrected chi connectivity index (χ2v) is 8.34. The minimum atomic E-state index is -0.701. The van der Waals surface area contributed by atoms with Crippen molar-refractivity contribution in [1.82, 2.24) is 9.88 Å². The molecule has 170 valence electrons. The minimum absolute atomic E-state index is 0.0787. The Balaban J connectivity index is 1.39. The van der Waals surface area contributed by atoms with Crippen LogP contribution < -0.4 is 14.2 Å². The van der Waals surface area contributed by atoms with E-state index in [1.54, 1.807) is 23.1 Å². The number of rotatable bonds is 7. The van der Waals surface area contributed by atoms with Gasteiger partial charge in [0.05, 0.1) is 17.9 Å². The molecule has 0 atom stereocenters. The SMILES string of the molecule is CCOc1ccc(C(=O)N2CCC(Oc3nc4c(F)cc(F)cc4s3)CC2)cc1OCC. The molecule has 6 nitrogen and oxygen atoms in total. The molecule has 0 aliphatic carbocycles. The number of piperidine rings is 1. The summed E-state index contributed by atoms with van der Waals surface area (Å²) >= 11 is 1.12. The summed E-state index contributed by atoms with van der Waals surface area (Å²) in [6.45, 7) is 5.80. The molecule has 1 aliphatic rings. The van der Waals surface area contributed by atoms with Gasteiger partial charge in [-0.25, -0.2) is 8.78 Å². The standard InChI is InChI=1S/C23H24F2N2O4S/c1-3-29-18-6-5-14(11-19(18)30-4-2)22(28)27-9-7-16(8-10-27)31-23-26-21-17(25)12-15(24)13-20(21)32-23/h5-6,11-13,16H,3-4,7-10H2,1-2H3. The zero-order chi connectivity index (χ0) is 22.7. The van der Waals surface area contributed by atoms with Gasteiger partial charge in [0, 0.05) is 37.6 Å². The summed E-state index contributed by atoms with van der Waals surface area (Å²) in [6, 6.07) is 7.28. The zero-order valence-electron chi connectivity index (χ0n) is 17.9. The lowest BCUT2D eigenvalue weighted by atomic mass is 10.1. The number of carbonyl (C=O) groups excluding carboxylic acids is 1. The Kier molecular flexibility index (Phi) is 6.74. The van der Waals surface area contributed by atoms with E-state index < -0.39 is 11.6 Å². The lowest BCUT2D eigenvalue weighted by Gasteiger charge is -2.31. The van der Waals surface area contributed by atoms with Crippen LogP contribution in [0.2, 0.25) is 0 Å². The third kappa shape index (κ3) is 4.77. The van der Waals surface area contributed by atoms with Crippen molar-refractivity contribution >= 4 is 27.5 Å². The number of hydrogen-bond donors (Lipinski definition) is 0. The van der Waals surface area contributed by atoms with E-state index in [9.17, 15) is 13.6 Å². The van der Waals surface area contributed by atoms with Gasteiger partial charge < -0.3 is 19.1 Å². The summed E-state index contributed by atoms with van der Waals surface area (Å²) in [6.07, 6.45) is 1.09. The van der Waals surface area contributed by atoms with Gasteiger partial charge in [0.15, 0.2) is 17.3 Å². The average Bonchev–Trinajstić information content (AvgIpc) is 3.18. The second-order valence-electron chi connectivity index (χ2n) is 7.35. The number of thiazole rings is 1. The molecule has 0 unspecified atom stereocenters. The van der Waals surface area contributed by atoms with Crippen molar-refractivity contribution < 1.29 is 27.8 Å². The number of aromatic nitrogens is 1. The molecule has 0 radical (unpaired) electrons. The summed E-state index contributed by atoms with van der Waals surface area (Å²) < 4.78 is 44.8. The quantitative estimate of drug-likeness (QED) is 0.492. The van der Waals surface area contributed by atoms with Crippen LogP contribution >= 0.6 is 11.3 Å². The van der Waals surface area contributed by atoms with Crippen molar-refractivity contribution in [1.29, 1.82) is 0 Å². The van der Waals surface area contributed by atoms with E-state index in [4.69, 9.17) is 14.2 Å². The summed E-state index contributed by atoms with van der Waals surface area (Å²) in [4.78, 5) is 18.9. The predicted molar refractivity (Wildman–Crippen MR) is 118 cm³/mol. The molecule has 0 bridgehead atoms. The Bertz CT molecular complexity index is 1110. The fourth-order valence-corrected chi connectivity index (χ4v) is 4.59. The molecule has 32 heavy (non-hydrogen) atoms. The number of likely N-dealkylation sites (tertiary alicyclic amines) is 1. The smallest absolute Gasteiger partial charge is 0.274 e. The maximum atomic E-state index is 13.9. The highest BCUT2D eigenvalue weighted by Crippen LogP contribution is 2.33. The van der Waals surface area contributed by atoms with Crippen molar-refractivity contribution in [2.24, 2.45) is 0 Å². The molecular formula is C23H24F2N2O4S. The first-order valence-corrected chi connectivity index (χ1v) is 11.4. The Morgan fingerprint density at radius 3 is 2.53 bits per heavy atom. The monoisotopic (exact) mass is 462 g/mol. The summed E-state index contributed by atoms with van der Waals surface area (Å²) in [5.74, 6) is -0.250. The molecule has 1 aliphatic heterocycles. The number of amides is 1. The molecule has 9 heteroatoms. The highest BCUT2D eigenvalue weighted by atomic mass is 32.1. The zero-order valence-corrected chi connectivity index (χ0v) is 18.7. The molecule has 2 aromatic carbocycles. The van der Waals surface area contributed by atoms with Crippen LogP contribution in [-0.2, 0) is 0 Å². The van der Waals surface area contributed by atoms with Gasteiger partial charge in [0.25, 0.3) is 11.1 Å². The van der Waals surface area contributed by atoms with E-state index in [0.717, 1.165) is 17.4 Å². The molecule has 0 saturated carbocycles. The Morgan fingerprint density at radius 2 is 1.81 bits per heavy atom. The van der Waals surface area contributed by atoms with Crippen molar-refractivity contribution in [3.8, 4) is 16.7 Å². The molecule has 2 heterocycles. The van der Waals surface area contributed by atoms with E-state index in [2.05, 4.69) is 4.98 Å². The van der Waals surface area contributed by atoms with Gasteiger partial charge in [-0.05, 0) is 38.1 Å². The first kappa shape index (κ1) is 22.3. The van der Waals surface area contributed by atoms with Crippen LogP contribution in [0.4, 0.5) is 8.78 Å². The Morgan fingerprint density at radius 1 is 1.09 bits per heavy atom. The van der Waals surface area contributed by atoms with E-state index in [0.29, 0.717) is 66.1 Å². The maximum Gasteiger partial charge on any atom is 0.274 e. The van der Waals surface area contributed by atoms with Gasteiger partial charge in [-0.1, -0.05) is 11.3 Å². The number of fused-ring (bicyclic) bond motifs is 1. The van der Waals surface area contributed by atoms with Crippen LogP contribution in [0.1, 0.15) is 37.0 Å². The fraction of sp³-hybridized carbons (Fsp3) is 0.391. The van der Waals surface area contributed by atoms with Gasteiger partial charge in [0.2, 0.25) is 0 Å². The minimum Gasteiger partial charge on any atom is -0.490 e. The highest BCUT2D eigenvalue weighted by Gasteiger charge is 2.26. The number of hydrogen-bond acceptors (Lipinski definition) is 6. The van der Waals surface area contributed by atoms with Crippen molar-refractivity contribution in [2.45, 2.75) is 32.8 Å². The fourth-order valence-electron chi connectivity index (χ4n) is 3.67. The molecule has 0 spiro atoms. The summed E-state index contributed by atoms with van der Waals surface area (Å²) in [7, 11) is 0. The third-order valence-corrected chi connectivity index (χ3v) is 6.07. The number of nitrogens with zero attached hydrogens (tertiary/aromatic N) is 2. The van der Waals surface area contributed by atoms with E-state index in [1.165, 1.54) is 6.07 Å². The van der Waals surface area contributed by atoms with Crippen LogP contribution in [0.5, 0.6) is 16.7 Å². The second kappa shape index (κ2) is 9.68. The Labute approximate surface area is 188 Å². The van der Waals surface area contributed by atoms with Crippen LogP contribution in [0.25, 0.3) is 10.2 Å². The van der Waals surface area contributed by atoms with Crippen LogP contribution in [0.15, 0.2) is 30.3 Å². The lowest BCUT2D eigenvalue weighted by Crippen LogP contribution is -2.41. The number of benzene rings is 2. The van der Waals surface area contributed by atoms with Gasteiger partial charge in [-0.15, -0.1) is 0 Å². The average molecular weight is 463 g/mol. The largest absolute Gasteiger partial charge is 0.490 e. The molecular weight excluding hydrogens is 438 g/mol. The van der Waals surface area contributed by atoms with Crippen molar-refractivity contribution in [3.63, 3.8) is 0 Å². The first-order chi connectivity index (χ1) is 15.5. The molecule has 3 aromatic rings. The van der Waals surface area contributed by atoms with Gasteiger partial charge >= 0.3 is 0 Å².